The molecule has 5 nitrogen and oxygen atoms in total. The third kappa shape index (κ3) is 3.26. The van der Waals surface area contributed by atoms with Crippen LogP contribution in [0.15, 0.2) is 47.3 Å². The van der Waals surface area contributed by atoms with Gasteiger partial charge in [0.2, 0.25) is 0 Å². The van der Waals surface area contributed by atoms with Crippen LogP contribution < -0.4 is 0 Å². The van der Waals surface area contributed by atoms with E-state index in [-0.39, 0.29) is 0 Å². The molecule has 4 rings (SSSR count). The van der Waals surface area contributed by atoms with Gasteiger partial charge in [-0.25, -0.2) is 9.97 Å². The Morgan fingerprint density at radius 3 is 2.67 bits per heavy atom. The number of imidazole rings is 1. The summed E-state index contributed by atoms with van der Waals surface area (Å²) in [5, 5.41) is 0. The van der Waals surface area contributed by atoms with Crippen LogP contribution in [0.3, 0.4) is 0 Å². The second kappa shape index (κ2) is 6.61. The highest BCUT2D eigenvalue weighted by atomic mass is 16.3. The van der Waals surface area contributed by atoms with Crippen LogP contribution in [0.5, 0.6) is 0 Å². The van der Waals surface area contributed by atoms with Crippen LogP contribution in [0.1, 0.15) is 29.9 Å². The molecule has 0 aliphatic carbocycles. The molecule has 0 atom stereocenters. The molecule has 0 unspecified atom stereocenters. The molecule has 1 saturated heterocycles. The highest BCUT2D eigenvalue weighted by Gasteiger charge is 2.13. The molecule has 0 saturated carbocycles. The van der Waals surface area contributed by atoms with Crippen LogP contribution >= 0.6 is 0 Å². The van der Waals surface area contributed by atoms with E-state index >= 15 is 0 Å². The number of hydrogen-bond acceptors (Lipinski definition) is 4. The number of aryl methyl sites for hydroxylation is 1. The van der Waals surface area contributed by atoms with Gasteiger partial charge in [-0.3, -0.25) is 4.90 Å². The van der Waals surface area contributed by atoms with Crippen LogP contribution in [0, 0.1) is 6.92 Å². The SMILES string of the molecule is Cc1nc(-c2nccn2Cc2cccc(CN3CCCC3)c2)co1. The lowest BCUT2D eigenvalue weighted by Gasteiger charge is -2.15. The first kappa shape index (κ1) is 15.1. The maximum atomic E-state index is 5.32. The largest absolute Gasteiger partial charge is 0.449 e. The van der Waals surface area contributed by atoms with Crippen molar-refractivity contribution < 1.29 is 4.42 Å². The Morgan fingerprint density at radius 2 is 1.92 bits per heavy atom. The molecular formula is C19H22N4O. The van der Waals surface area contributed by atoms with Gasteiger partial charge in [0.1, 0.15) is 12.0 Å². The molecule has 0 N–H and O–H groups in total. The van der Waals surface area contributed by atoms with Gasteiger partial charge in [-0.2, -0.15) is 0 Å². The average molecular weight is 322 g/mol. The molecule has 24 heavy (non-hydrogen) atoms. The molecule has 3 heterocycles. The third-order valence-corrected chi connectivity index (χ3v) is 4.51. The van der Waals surface area contributed by atoms with E-state index in [0.717, 1.165) is 24.6 Å². The second-order valence-corrected chi connectivity index (χ2v) is 6.43. The van der Waals surface area contributed by atoms with E-state index in [0.29, 0.717) is 5.89 Å². The molecule has 1 fully saturated rings. The maximum absolute atomic E-state index is 5.32. The molecule has 124 valence electrons. The van der Waals surface area contributed by atoms with Crippen molar-refractivity contribution in [3.05, 3.63) is 59.9 Å². The fourth-order valence-electron chi connectivity index (χ4n) is 3.36. The van der Waals surface area contributed by atoms with E-state index in [9.17, 15) is 0 Å². The van der Waals surface area contributed by atoms with E-state index in [1.807, 2.05) is 19.3 Å². The van der Waals surface area contributed by atoms with E-state index in [1.54, 1.807) is 6.26 Å². The zero-order valence-electron chi connectivity index (χ0n) is 14.0. The lowest BCUT2D eigenvalue weighted by atomic mass is 10.1. The molecule has 1 aliphatic rings. The van der Waals surface area contributed by atoms with Gasteiger partial charge in [-0.1, -0.05) is 24.3 Å². The fourth-order valence-corrected chi connectivity index (χ4v) is 3.36. The monoisotopic (exact) mass is 322 g/mol. The highest BCUT2D eigenvalue weighted by molar-refractivity contribution is 5.48. The number of likely N-dealkylation sites (tertiary alicyclic amines) is 1. The topological polar surface area (TPSA) is 47.1 Å². The summed E-state index contributed by atoms with van der Waals surface area (Å²) < 4.78 is 7.43. The number of benzene rings is 1. The van der Waals surface area contributed by atoms with Crippen molar-refractivity contribution in [2.24, 2.45) is 0 Å². The lowest BCUT2D eigenvalue weighted by Crippen LogP contribution is -2.18. The smallest absolute Gasteiger partial charge is 0.191 e. The Balaban J connectivity index is 1.52. The maximum Gasteiger partial charge on any atom is 0.191 e. The van der Waals surface area contributed by atoms with E-state index in [1.165, 1.54) is 37.1 Å². The minimum absolute atomic E-state index is 0.659. The van der Waals surface area contributed by atoms with Crippen LogP contribution in [-0.2, 0) is 13.1 Å². The predicted octanol–water partition coefficient (Wildman–Crippen LogP) is 3.49. The summed E-state index contributed by atoms with van der Waals surface area (Å²) in [6, 6.07) is 8.84. The van der Waals surface area contributed by atoms with Crippen LogP contribution in [0.25, 0.3) is 11.5 Å². The summed E-state index contributed by atoms with van der Waals surface area (Å²) in [5.74, 6) is 1.50. The van der Waals surface area contributed by atoms with Crippen LogP contribution in [0.4, 0.5) is 0 Å². The van der Waals surface area contributed by atoms with Gasteiger partial charge in [0.25, 0.3) is 0 Å². The molecule has 3 aromatic rings. The fraction of sp³-hybridized carbons (Fsp3) is 0.368. The Hall–Kier alpha value is -2.40. The molecule has 0 amide bonds. The van der Waals surface area contributed by atoms with Gasteiger partial charge in [0.05, 0.1) is 0 Å². The number of oxazole rings is 1. The summed E-state index contributed by atoms with van der Waals surface area (Å²) in [7, 11) is 0. The number of nitrogens with zero attached hydrogens (tertiary/aromatic N) is 4. The normalized spacial score (nSPS) is 15.2. The molecule has 2 aromatic heterocycles. The van der Waals surface area contributed by atoms with Crippen molar-refractivity contribution >= 4 is 0 Å². The Morgan fingerprint density at radius 1 is 1.12 bits per heavy atom. The number of rotatable bonds is 5. The molecule has 1 aromatic carbocycles. The summed E-state index contributed by atoms with van der Waals surface area (Å²) in [4.78, 5) is 11.3. The summed E-state index contributed by atoms with van der Waals surface area (Å²) in [5.41, 5.74) is 3.45. The highest BCUT2D eigenvalue weighted by Crippen LogP contribution is 2.19. The second-order valence-electron chi connectivity index (χ2n) is 6.43. The molecular weight excluding hydrogens is 300 g/mol. The molecule has 0 bridgehead atoms. The van der Waals surface area contributed by atoms with Gasteiger partial charge in [0, 0.05) is 32.4 Å². The van der Waals surface area contributed by atoms with E-state index < -0.39 is 0 Å². The first-order valence-electron chi connectivity index (χ1n) is 8.52. The van der Waals surface area contributed by atoms with Crippen LogP contribution in [0.2, 0.25) is 0 Å². The van der Waals surface area contributed by atoms with Crippen molar-refractivity contribution in [2.45, 2.75) is 32.9 Å². The van der Waals surface area contributed by atoms with Crippen molar-refractivity contribution in [3.63, 3.8) is 0 Å². The minimum atomic E-state index is 0.659. The molecule has 0 spiro atoms. The first-order valence-corrected chi connectivity index (χ1v) is 8.52. The van der Waals surface area contributed by atoms with Gasteiger partial charge in [-0.15, -0.1) is 0 Å². The molecule has 0 radical (unpaired) electrons. The van der Waals surface area contributed by atoms with Crippen molar-refractivity contribution in [1.82, 2.24) is 19.4 Å². The van der Waals surface area contributed by atoms with E-state index in [2.05, 4.69) is 43.7 Å². The van der Waals surface area contributed by atoms with Crippen molar-refractivity contribution in [3.8, 4) is 11.5 Å². The Kier molecular flexibility index (Phi) is 4.17. The summed E-state index contributed by atoms with van der Waals surface area (Å²) in [6.45, 7) is 6.13. The number of hydrogen-bond donors (Lipinski definition) is 0. The van der Waals surface area contributed by atoms with Crippen molar-refractivity contribution in [1.29, 1.82) is 0 Å². The Labute approximate surface area is 142 Å². The molecule has 1 aliphatic heterocycles. The van der Waals surface area contributed by atoms with Crippen LogP contribution in [-0.4, -0.2) is 32.5 Å². The standard InChI is InChI=1S/C19H22N4O/c1-15-21-18(14-24-15)19-20-7-10-23(19)13-17-6-4-5-16(11-17)12-22-8-2-3-9-22/h4-7,10-11,14H,2-3,8-9,12-13H2,1H3. The van der Waals surface area contributed by atoms with E-state index in [4.69, 9.17) is 4.42 Å². The summed E-state index contributed by atoms with van der Waals surface area (Å²) >= 11 is 0. The summed E-state index contributed by atoms with van der Waals surface area (Å²) in [6.07, 6.45) is 8.13. The zero-order valence-corrected chi connectivity index (χ0v) is 14.0. The minimum Gasteiger partial charge on any atom is -0.449 e. The lowest BCUT2D eigenvalue weighted by molar-refractivity contribution is 0.331. The quantitative estimate of drug-likeness (QED) is 0.721. The van der Waals surface area contributed by atoms with Crippen molar-refractivity contribution in [2.75, 3.05) is 13.1 Å². The average Bonchev–Trinajstić information content (AvgIpc) is 3.30. The van der Waals surface area contributed by atoms with Gasteiger partial charge in [-0.05, 0) is 37.1 Å². The first-order chi connectivity index (χ1) is 11.8. The van der Waals surface area contributed by atoms with Gasteiger partial charge in [0.15, 0.2) is 11.7 Å². The third-order valence-electron chi connectivity index (χ3n) is 4.51. The van der Waals surface area contributed by atoms with Gasteiger partial charge < -0.3 is 8.98 Å². The molecule has 5 heteroatoms. The Bertz CT molecular complexity index is 814. The number of aromatic nitrogens is 3. The predicted molar refractivity (Wildman–Crippen MR) is 92.5 cm³/mol. The van der Waals surface area contributed by atoms with Gasteiger partial charge >= 0.3 is 0 Å². The zero-order chi connectivity index (χ0) is 16.4.